The van der Waals surface area contributed by atoms with Gasteiger partial charge in [0.2, 0.25) is 10.0 Å². The van der Waals surface area contributed by atoms with E-state index in [1.54, 1.807) is 29.6 Å². The molecule has 3 N–H and O–H groups in total. The number of hydrogen-bond donors (Lipinski definition) is 3. The first-order chi connectivity index (χ1) is 21.2. The van der Waals surface area contributed by atoms with Crippen LogP contribution in [0.25, 0.3) is 22.3 Å². The number of H-pyrrole nitrogens is 1. The van der Waals surface area contributed by atoms with Gasteiger partial charge in [-0.2, -0.15) is 0 Å². The minimum absolute atomic E-state index is 0.151. The first kappa shape index (κ1) is 29.7. The van der Waals surface area contributed by atoms with Crippen molar-refractivity contribution in [3.05, 3.63) is 78.2 Å². The number of pyridine rings is 1. The molecule has 12 nitrogen and oxygen atoms in total. The van der Waals surface area contributed by atoms with Crippen molar-refractivity contribution >= 4 is 38.5 Å². The number of rotatable bonds is 9. The smallest absolute Gasteiger partial charge is 0.254 e. The van der Waals surface area contributed by atoms with E-state index in [2.05, 4.69) is 47.5 Å². The molecule has 0 spiro atoms. The molecule has 1 unspecified atom stereocenters. The second-order valence-electron chi connectivity index (χ2n) is 11.4. The van der Waals surface area contributed by atoms with E-state index in [0.29, 0.717) is 44.7 Å². The Morgan fingerprint density at radius 3 is 2.68 bits per heavy atom. The zero-order valence-electron chi connectivity index (χ0n) is 24.6. The van der Waals surface area contributed by atoms with Crippen LogP contribution >= 0.6 is 0 Å². The quantitative estimate of drug-likeness (QED) is 0.257. The van der Waals surface area contributed by atoms with E-state index in [1.807, 2.05) is 31.2 Å². The lowest BCUT2D eigenvalue weighted by molar-refractivity contribution is 0.0643. The molecule has 0 bridgehead atoms. The summed E-state index contributed by atoms with van der Waals surface area (Å²) < 4.78 is 32.3. The topological polar surface area (TPSA) is 145 Å². The van der Waals surface area contributed by atoms with Crippen LogP contribution in [-0.2, 0) is 21.3 Å². The Kier molecular flexibility index (Phi) is 8.34. The van der Waals surface area contributed by atoms with E-state index in [4.69, 9.17) is 4.74 Å². The molecule has 0 saturated carbocycles. The summed E-state index contributed by atoms with van der Waals surface area (Å²) in [4.78, 5) is 34.1. The molecule has 5 heterocycles. The summed E-state index contributed by atoms with van der Waals surface area (Å²) in [6, 6.07) is 13.6. The second kappa shape index (κ2) is 12.3. The number of fused-ring (bicyclic) bond motifs is 1. The maximum Gasteiger partial charge on any atom is 0.254 e. The van der Waals surface area contributed by atoms with Crippen LogP contribution in [-0.4, -0.2) is 84.1 Å². The third kappa shape index (κ3) is 6.59. The molecule has 13 heteroatoms. The number of hydrogen-bond acceptors (Lipinski definition) is 9. The number of aromatic nitrogens is 4. The van der Waals surface area contributed by atoms with Crippen molar-refractivity contribution in [1.82, 2.24) is 29.6 Å². The van der Waals surface area contributed by atoms with Gasteiger partial charge in [0.25, 0.3) is 5.91 Å². The van der Waals surface area contributed by atoms with Crippen LogP contribution in [0, 0.1) is 0 Å². The molecule has 2 aliphatic heterocycles. The normalized spacial score (nSPS) is 19.2. The minimum Gasteiger partial charge on any atom is -0.379 e. The van der Waals surface area contributed by atoms with Gasteiger partial charge in [-0.25, -0.2) is 23.1 Å². The van der Waals surface area contributed by atoms with Crippen molar-refractivity contribution in [2.24, 2.45) is 0 Å². The van der Waals surface area contributed by atoms with E-state index in [9.17, 15) is 13.2 Å². The number of piperidine rings is 1. The summed E-state index contributed by atoms with van der Waals surface area (Å²) in [6.45, 7) is 9.43. The third-order valence-electron chi connectivity index (χ3n) is 8.04. The van der Waals surface area contributed by atoms with Crippen molar-refractivity contribution in [2.45, 2.75) is 31.8 Å². The predicted octanol–water partition coefficient (Wildman–Crippen LogP) is 3.53. The Balaban J connectivity index is 1.10. The lowest BCUT2D eigenvalue weighted by Crippen LogP contribution is -2.57. The van der Waals surface area contributed by atoms with Gasteiger partial charge < -0.3 is 24.8 Å². The Morgan fingerprint density at radius 2 is 1.91 bits per heavy atom. The molecule has 230 valence electrons. The molecule has 2 aliphatic rings. The number of nitrogens with zero attached hydrogens (tertiary/aromatic N) is 5. The van der Waals surface area contributed by atoms with E-state index >= 15 is 0 Å². The number of amides is 1. The molecule has 1 aromatic carbocycles. The standard InChI is InChI=1S/C31H36N8O4S/c1-3-44(41,42)37-31(2)10-4-12-39(20-31)30(40)23-9-11-32-25(17-23)19-33-24-7-5-22(6-8-24)27-18-26-28(36-27)34-21-35-29(26)38-13-15-43-16-14-38/h3,5-9,11,17-18,21,33,37H,1,4,10,12-16,19-20H2,2H3,(H,34,35,36). The van der Waals surface area contributed by atoms with Crippen LogP contribution in [0.2, 0.25) is 0 Å². The highest BCUT2D eigenvalue weighted by molar-refractivity contribution is 7.92. The van der Waals surface area contributed by atoms with Gasteiger partial charge >= 0.3 is 0 Å². The van der Waals surface area contributed by atoms with Crippen LogP contribution < -0.4 is 14.9 Å². The lowest BCUT2D eigenvalue weighted by Gasteiger charge is -2.40. The fraction of sp³-hybridized carbons (Fsp3) is 0.355. The van der Waals surface area contributed by atoms with Crippen LogP contribution in [0.5, 0.6) is 0 Å². The number of ether oxygens (including phenoxy) is 1. The largest absolute Gasteiger partial charge is 0.379 e. The van der Waals surface area contributed by atoms with E-state index in [0.717, 1.165) is 58.0 Å². The lowest BCUT2D eigenvalue weighted by atomic mass is 9.92. The van der Waals surface area contributed by atoms with Crippen LogP contribution in [0.15, 0.2) is 67.0 Å². The Morgan fingerprint density at radius 1 is 1.11 bits per heavy atom. The van der Waals surface area contributed by atoms with Crippen molar-refractivity contribution in [1.29, 1.82) is 0 Å². The number of carbonyl (C=O) groups is 1. The monoisotopic (exact) mass is 616 g/mol. The van der Waals surface area contributed by atoms with Gasteiger partial charge in [-0.1, -0.05) is 18.7 Å². The summed E-state index contributed by atoms with van der Waals surface area (Å²) in [7, 11) is -3.62. The van der Waals surface area contributed by atoms with Gasteiger partial charge in [0, 0.05) is 60.3 Å². The highest BCUT2D eigenvalue weighted by Crippen LogP contribution is 2.30. The van der Waals surface area contributed by atoms with Crippen molar-refractivity contribution in [3.63, 3.8) is 0 Å². The number of likely N-dealkylation sites (tertiary alicyclic amines) is 1. The minimum atomic E-state index is -3.62. The maximum atomic E-state index is 13.4. The summed E-state index contributed by atoms with van der Waals surface area (Å²) in [6.07, 6.45) is 4.55. The van der Waals surface area contributed by atoms with Gasteiger partial charge in [-0.15, -0.1) is 0 Å². The zero-order chi connectivity index (χ0) is 30.7. The van der Waals surface area contributed by atoms with Crippen molar-refractivity contribution in [3.8, 4) is 11.3 Å². The Hall–Kier alpha value is -4.33. The molecule has 2 saturated heterocycles. The van der Waals surface area contributed by atoms with Gasteiger partial charge in [-0.3, -0.25) is 9.78 Å². The van der Waals surface area contributed by atoms with E-state index < -0.39 is 15.6 Å². The Labute approximate surface area is 256 Å². The fourth-order valence-corrected chi connectivity index (χ4v) is 6.78. The molecule has 2 fully saturated rings. The van der Waals surface area contributed by atoms with Crippen molar-refractivity contribution in [2.75, 3.05) is 49.6 Å². The molecular weight excluding hydrogens is 580 g/mol. The van der Waals surface area contributed by atoms with E-state index in [1.165, 1.54) is 0 Å². The molecule has 0 radical (unpaired) electrons. The van der Waals surface area contributed by atoms with Crippen molar-refractivity contribution < 1.29 is 17.9 Å². The summed E-state index contributed by atoms with van der Waals surface area (Å²) in [5.41, 5.74) is 4.18. The highest BCUT2D eigenvalue weighted by atomic mass is 32.2. The molecule has 4 aromatic rings. The summed E-state index contributed by atoms with van der Waals surface area (Å²) in [5, 5.41) is 5.27. The first-order valence-corrected chi connectivity index (χ1v) is 16.2. The second-order valence-corrected chi connectivity index (χ2v) is 13.0. The number of sulfonamides is 1. The number of anilines is 2. The zero-order valence-corrected chi connectivity index (χ0v) is 25.4. The highest BCUT2D eigenvalue weighted by Gasteiger charge is 2.36. The SMILES string of the molecule is C=CS(=O)(=O)NC1(C)CCCN(C(=O)c2ccnc(CNc3ccc(-c4cc5c(N6CCOCC6)ncnc5[nH]4)cc3)c2)C1. The number of aromatic amines is 1. The average Bonchev–Trinajstić information content (AvgIpc) is 3.48. The summed E-state index contributed by atoms with van der Waals surface area (Å²) >= 11 is 0. The molecule has 3 aromatic heterocycles. The first-order valence-electron chi connectivity index (χ1n) is 14.6. The number of morpholine rings is 1. The summed E-state index contributed by atoms with van der Waals surface area (Å²) in [5.74, 6) is 0.764. The van der Waals surface area contributed by atoms with Gasteiger partial charge in [-0.05, 0) is 55.7 Å². The fourth-order valence-electron chi connectivity index (χ4n) is 5.84. The van der Waals surface area contributed by atoms with E-state index in [-0.39, 0.29) is 12.5 Å². The molecule has 44 heavy (non-hydrogen) atoms. The third-order valence-corrected chi connectivity index (χ3v) is 9.26. The van der Waals surface area contributed by atoms with Gasteiger partial charge in [0.05, 0.1) is 30.8 Å². The Bertz CT molecular complexity index is 1770. The molecule has 1 amide bonds. The molecule has 0 aliphatic carbocycles. The maximum absolute atomic E-state index is 13.4. The molecular formula is C31H36N8O4S. The molecule has 1 atom stereocenters. The van der Waals surface area contributed by atoms with Gasteiger partial charge in [0.1, 0.15) is 17.8 Å². The van der Waals surface area contributed by atoms with Crippen LogP contribution in [0.1, 0.15) is 35.8 Å². The predicted molar refractivity (Wildman–Crippen MR) is 170 cm³/mol. The number of nitrogens with one attached hydrogen (secondary N) is 3. The van der Waals surface area contributed by atoms with Gasteiger partial charge in [0.15, 0.2) is 0 Å². The number of benzene rings is 1. The van der Waals surface area contributed by atoms with Crippen LogP contribution in [0.3, 0.4) is 0 Å². The van der Waals surface area contributed by atoms with Crippen LogP contribution in [0.4, 0.5) is 11.5 Å². The average molecular weight is 617 g/mol. The molecule has 6 rings (SSSR count). The number of carbonyl (C=O) groups excluding carboxylic acids is 1.